The molecule has 0 bridgehead atoms. The van der Waals surface area contributed by atoms with Crippen LogP contribution in [-0.2, 0) is 10.7 Å². The zero-order chi connectivity index (χ0) is 16.2. The van der Waals surface area contributed by atoms with Crippen LogP contribution >= 0.6 is 54.5 Å². The summed E-state index contributed by atoms with van der Waals surface area (Å²) >= 11 is 9.47. The van der Waals surface area contributed by atoms with Crippen LogP contribution < -0.4 is 0 Å². The standard InChI is InChI=1S/C20H15Br2I/c21-12-14-4-8-16(9-5-14)18-2-1-3-19(20(18)23)17-10-6-15(13-22)7-11-17/h1-11H,12-13H2. The van der Waals surface area contributed by atoms with Gasteiger partial charge in [0.2, 0.25) is 0 Å². The second kappa shape index (κ2) is 7.95. The summed E-state index contributed by atoms with van der Waals surface area (Å²) in [5, 5.41) is 1.79. The van der Waals surface area contributed by atoms with Gasteiger partial charge in [-0.2, -0.15) is 0 Å². The molecule has 116 valence electrons. The minimum Gasteiger partial charge on any atom is -0.0876 e. The van der Waals surface area contributed by atoms with E-state index < -0.39 is 0 Å². The maximum Gasteiger partial charge on any atom is 0.0287 e. The van der Waals surface area contributed by atoms with E-state index in [-0.39, 0.29) is 0 Å². The molecule has 0 aliphatic rings. The first-order chi connectivity index (χ1) is 11.2. The van der Waals surface area contributed by atoms with Crippen molar-refractivity contribution in [3.63, 3.8) is 0 Å². The topological polar surface area (TPSA) is 0 Å². The first-order valence-corrected chi connectivity index (χ1v) is 10.6. The van der Waals surface area contributed by atoms with E-state index in [1.165, 1.54) is 37.0 Å². The van der Waals surface area contributed by atoms with Crippen LogP contribution in [0.5, 0.6) is 0 Å². The fourth-order valence-electron chi connectivity index (χ4n) is 2.52. The van der Waals surface area contributed by atoms with E-state index in [0.717, 1.165) is 10.7 Å². The third kappa shape index (κ3) is 3.89. The Labute approximate surface area is 167 Å². The first-order valence-electron chi connectivity index (χ1n) is 7.32. The summed E-state index contributed by atoms with van der Waals surface area (Å²) in [6, 6.07) is 24.0. The fourth-order valence-corrected chi connectivity index (χ4v) is 4.25. The number of hydrogen-bond donors (Lipinski definition) is 0. The van der Waals surface area contributed by atoms with Crippen LogP contribution in [-0.4, -0.2) is 0 Å². The predicted molar refractivity (Wildman–Crippen MR) is 115 cm³/mol. The van der Waals surface area contributed by atoms with Crippen molar-refractivity contribution in [3.05, 3.63) is 81.4 Å². The molecule has 0 radical (unpaired) electrons. The molecule has 0 saturated carbocycles. The molecule has 3 aromatic rings. The van der Waals surface area contributed by atoms with E-state index in [1.807, 2.05) is 0 Å². The molecule has 0 aliphatic carbocycles. The summed E-state index contributed by atoms with van der Waals surface area (Å²) in [5.74, 6) is 0. The number of hydrogen-bond acceptors (Lipinski definition) is 0. The molecule has 0 fully saturated rings. The van der Waals surface area contributed by atoms with E-state index in [9.17, 15) is 0 Å². The third-order valence-electron chi connectivity index (χ3n) is 3.84. The van der Waals surface area contributed by atoms with Gasteiger partial charge in [0, 0.05) is 14.2 Å². The van der Waals surface area contributed by atoms with E-state index >= 15 is 0 Å². The van der Waals surface area contributed by atoms with Crippen molar-refractivity contribution in [1.29, 1.82) is 0 Å². The molecule has 0 spiro atoms. The number of rotatable bonds is 4. The molecule has 0 unspecified atom stereocenters. The molecule has 3 rings (SSSR count). The number of alkyl halides is 2. The van der Waals surface area contributed by atoms with E-state index in [1.54, 1.807) is 0 Å². The van der Waals surface area contributed by atoms with E-state index in [4.69, 9.17) is 0 Å². The van der Waals surface area contributed by atoms with Gasteiger partial charge in [0.1, 0.15) is 0 Å². The molecule has 3 heteroatoms. The summed E-state index contributed by atoms with van der Waals surface area (Å²) in [6.07, 6.45) is 0. The Hall–Kier alpha value is -0.650. The highest BCUT2D eigenvalue weighted by molar-refractivity contribution is 14.1. The molecule has 0 aliphatic heterocycles. The molecule has 0 aromatic heterocycles. The zero-order valence-electron chi connectivity index (χ0n) is 12.4. The normalized spacial score (nSPS) is 10.7. The second-order valence-corrected chi connectivity index (χ2v) is 7.53. The summed E-state index contributed by atoms with van der Waals surface area (Å²) in [7, 11) is 0. The van der Waals surface area contributed by atoms with Crippen LogP contribution in [0.25, 0.3) is 22.3 Å². The van der Waals surface area contributed by atoms with Gasteiger partial charge in [-0.05, 0) is 56.0 Å². The van der Waals surface area contributed by atoms with Crippen molar-refractivity contribution in [2.45, 2.75) is 10.7 Å². The molecule has 3 aromatic carbocycles. The van der Waals surface area contributed by atoms with Crippen molar-refractivity contribution in [2.75, 3.05) is 0 Å². The smallest absolute Gasteiger partial charge is 0.0287 e. The minimum absolute atomic E-state index is 0.893. The molecular formula is C20H15Br2I. The Balaban J connectivity index is 2.02. The van der Waals surface area contributed by atoms with Crippen molar-refractivity contribution < 1.29 is 0 Å². The van der Waals surface area contributed by atoms with Crippen LogP contribution in [0.1, 0.15) is 11.1 Å². The summed E-state index contributed by atoms with van der Waals surface area (Å²) in [5.41, 5.74) is 7.69. The maximum absolute atomic E-state index is 3.50. The van der Waals surface area contributed by atoms with Gasteiger partial charge < -0.3 is 0 Å². The predicted octanol–water partition coefficient (Wildman–Crippen LogP) is 7.42. The molecule has 0 saturated heterocycles. The van der Waals surface area contributed by atoms with Gasteiger partial charge in [-0.25, -0.2) is 0 Å². The monoisotopic (exact) mass is 540 g/mol. The van der Waals surface area contributed by atoms with E-state index in [0.29, 0.717) is 0 Å². The molecular weight excluding hydrogens is 527 g/mol. The van der Waals surface area contributed by atoms with Crippen LogP contribution in [0.4, 0.5) is 0 Å². The van der Waals surface area contributed by atoms with E-state index in [2.05, 4.69) is 121 Å². The van der Waals surface area contributed by atoms with Crippen LogP contribution in [0.15, 0.2) is 66.7 Å². The largest absolute Gasteiger partial charge is 0.0876 e. The lowest BCUT2D eigenvalue weighted by Gasteiger charge is -2.11. The Morgan fingerprint density at radius 1 is 0.609 bits per heavy atom. The Bertz CT molecular complexity index is 727. The average molecular weight is 542 g/mol. The Morgan fingerprint density at radius 2 is 1.00 bits per heavy atom. The van der Waals surface area contributed by atoms with Crippen LogP contribution in [0.2, 0.25) is 0 Å². The van der Waals surface area contributed by atoms with Gasteiger partial charge in [-0.3, -0.25) is 0 Å². The number of halogens is 3. The van der Waals surface area contributed by atoms with Gasteiger partial charge in [-0.15, -0.1) is 0 Å². The van der Waals surface area contributed by atoms with Crippen molar-refractivity contribution >= 4 is 54.5 Å². The third-order valence-corrected chi connectivity index (χ3v) is 6.29. The molecule has 0 N–H and O–H groups in total. The van der Waals surface area contributed by atoms with Gasteiger partial charge in [0.05, 0.1) is 0 Å². The van der Waals surface area contributed by atoms with Crippen molar-refractivity contribution in [3.8, 4) is 22.3 Å². The molecule has 23 heavy (non-hydrogen) atoms. The highest BCUT2D eigenvalue weighted by Gasteiger charge is 2.09. The summed E-state index contributed by atoms with van der Waals surface area (Å²) in [6.45, 7) is 0. The van der Waals surface area contributed by atoms with Gasteiger partial charge in [0.15, 0.2) is 0 Å². The lowest BCUT2D eigenvalue weighted by molar-refractivity contribution is 1.42. The average Bonchev–Trinajstić information content (AvgIpc) is 2.62. The van der Waals surface area contributed by atoms with Crippen molar-refractivity contribution in [2.24, 2.45) is 0 Å². The molecule has 0 nitrogen and oxygen atoms in total. The summed E-state index contributed by atoms with van der Waals surface area (Å²) < 4.78 is 1.29. The van der Waals surface area contributed by atoms with Gasteiger partial charge >= 0.3 is 0 Å². The molecule has 0 heterocycles. The SMILES string of the molecule is BrCc1ccc(-c2cccc(-c3ccc(CBr)cc3)c2I)cc1. The Kier molecular flexibility index (Phi) is 5.94. The molecule has 0 amide bonds. The fraction of sp³-hybridized carbons (Fsp3) is 0.100. The lowest BCUT2D eigenvalue weighted by Crippen LogP contribution is -1.89. The highest BCUT2D eigenvalue weighted by atomic mass is 127. The second-order valence-electron chi connectivity index (χ2n) is 5.33. The number of benzene rings is 3. The zero-order valence-corrected chi connectivity index (χ0v) is 17.7. The van der Waals surface area contributed by atoms with Crippen LogP contribution in [0, 0.1) is 3.57 Å². The van der Waals surface area contributed by atoms with Gasteiger partial charge in [-0.1, -0.05) is 98.6 Å². The molecule has 0 atom stereocenters. The highest BCUT2D eigenvalue weighted by Crippen LogP contribution is 2.34. The first kappa shape index (κ1) is 17.2. The summed E-state index contributed by atoms with van der Waals surface area (Å²) in [4.78, 5) is 0. The quantitative estimate of drug-likeness (QED) is 0.238. The lowest BCUT2D eigenvalue weighted by atomic mass is 9.98. The van der Waals surface area contributed by atoms with Gasteiger partial charge in [0.25, 0.3) is 0 Å². The Morgan fingerprint density at radius 3 is 1.35 bits per heavy atom. The maximum atomic E-state index is 3.50. The minimum atomic E-state index is 0.893. The van der Waals surface area contributed by atoms with Crippen LogP contribution in [0.3, 0.4) is 0 Å². The van der Waals surface area contributed by atoms with Crippen molar-refractivity contribution in [1.82, 2.24) is 0 Å².